The van der Waals surface area contributed by atoms with Crippen molar-refractivity contribution in [3.63, 3.8) is 0 Å². The molecular formula is C22H26Cl3NO6. The van der Waals surface area contributed by atoms with Crippen LogP contribution in [-0.2, 0) is 35.1 Å². The number of aldehydes is 1. The summed E-state index contributed by atoms with van der Waals surface area (Å²) in [5, 5.41) is 2.68. The first-order valence-corrected chi connectivity index (χ1v) is 11.5. The lowest BCUT2D eigenvalue weighted by Crippen LogP contribution is -2.67. The molecule has 10 heteroatoms. The highest BCUT2D eigenvalue weighted by Crippen LogP contribution is 2.57. The number of hydrogen-bond acceptors (Lipinski definition) is 6. The van der Waals surface area contributed by atoms with Gasteiger partial charge in [-0.1, -0.05) is 65.1 Å². The molecule has 6 atom stereocenters. The average molecular weight is 507 g/mol. The molecular weight excluding hydrogens is 481 g/mol. The number of nitrogens with one attached hydrogen (secondary N) is 1. The van der Waals surface area contributed by atoms with Crippen molar-refractivity contribution in [1.29, 1.82) is 0 Å². The third-order valence-corrected chi connectivity index (χ3v) is 7.03. The first-order valence-electron chi connectivity index (χ1n) is 10.4. The van der Waals surface area contributed by atoms with Gasteiger partial charge in [0.2, 0.25) is 0 Å². The Labute approximate surface area is 201 Å². The molecule has 0 spiro atoms. The molecule has 4 rings (SSSR count). The standard InChI is InChI=1S/C22H26Cl3NO6/c1-19(2)30-11-14(31-19)16-17-20(3,32-17)15(29-10-13-7-5-4-6-8-13)9-21(16,12-27)26-18(28)22(23,24)25/h4-8,12,14-17H,9-11H2,1-3H3,(H,26,28)/t14-,15+,16+,17+,20-,21-/m1/s1. The Morgan fingerprint density at radius 1 is 1.22 bits per heavy atom. The van der Waals surface area contributed by atoms with E-state index in [1.165, 1.54) is 0 Å². The summed E-state index contributed by atoms with van der Waals surface area (Å²) in [7, 11) is 0. The molecule has 0 bridgehead atoms. The molecule has 176 valence electrons. The minimum absolute atomic E-state index is 0.133. The van der Waals surface area contributed by atoms with E-state index in [9.17, 15) is 9.59 Å². The molecule has 1 aromatic carbocycles. The van der Waals surface area contributed by atoms with Crippen molar-refractivity contribution in [1.82, 2.24) is 5.32 Å². The molecule has 2 aliphatic heterocycles. The van der Waals surface area contributed by atoms with E-state index in [1.54, 1.807) is 13.8 Å². The summed E-state index contributed by atoms with van der Waals surface area (Å²) in [6.07, 6.45) is -0.595. The predicted octanol–water partition coefficient (Wildman–Crippen LogP) is 3.32. The lowest BCUT2D eigenvalue weighted by Gasteiger charge is -2.45. The van der Waals surface area contributed by atoms with Crippen LogP contribution >= 0.6 is 34.8 Å². The lowest BCUT2D eigenvalue weighted by molar-refractivity contribution is -0.157. The Bertz CT molecular complexity index is 878. The molecule has 7 nitrogen and oxygen atoms in total. The van der Waals surface area contributed by atoms with Crippen molar-refractivity contribution in [3.05, 3.63) is 35.9 Å². The number of hydrogen-bond donors (Lipinski definition) is 1. The maximum atomic E-state index is 12.7. The Hall–Kier alpha value is -0.930. The summed E-state index contributed by atoms with van der Waals surface area (Å²) in [6.45, 7) is 6.08. The van der Waals surface area contributed by atoms with Crippen LogP contribution in [0.3, 0.4) is 0 Å². The number of epoxide rings is 1. The van der Waals surface area contributed by atoms with E-state index < -0.39 is 50.9 Å². The lowest BCUT2D eigenvalue weighted by atomic mass is 9.66. The SMILES string of the molecule is CC1(C)OC[C@H]([C@H]2[C@@H]3O[C@]3(C)[C@@H](OCc3ccccc3)C[C@]2(C=O)NC(=O)C(Cl)(Cl)Cl)O1. The van der Waals surface area contributed by atoms with Gasteiger partial charge in [-0.15, -0.1) is 0 Å². The molecule has 0 unspecified atom stereocenters. The number of benzene rings is 1. The number of ether oxygens (including phenoxy) is 4. The second-order valence-electron chi connectivity index (χ2n) is 9.21. The molecule has 32 heavy (non-hydrogen) atoms. The number of carbonyl (C=O) groups is 2. The topological polar surface area (TPSA) is 86.4 Å². The van der Waals surface area contributed by atoms with Gasteiger partial charge in [0.1, 0.15) is 17.4 Å². The van der Waals surface area contributed by atoms with Crippen molar-refractivity contribution < 1.29 is 28.5 Å². The highest BCUT2D eigenvalue weighted by molar-refractivity contribution is 6.76. The van der Waals surface area contributed by atoms with Gasteiger partial charge in [-0.3, -0.25) is 4.79 Å². The van der Waals surface area contributed by atoms with Crippen LogP contribution in [0.25, 0.3) is 0 Å². The van der Waals surface area contributed by atoms with Gasteiger partial charge in [0.25, 0.3) is 9.70 Å². The summed E-state index contributed by atoms with van der Waals surface area (Å²) >= 11 is 17.4. The van der Waals surface area contributed by atoms with Crippen LogP contribution < -0.4 is 5.32 Å². The zero-order valence-corrected chi connectivity index (χ0v) is 20.2. The zero-order valence-electron chi connectivity index (χ0n) is 18.0. The highest BCUT2D eigenvalue weighted by atomic mass is 35.6. The van der Waals surface area contributed by atoms with Crippen molar-refractivity contribution in [2.45, 2.75) is 72.8 Å². The highest BCUT2D eigenvalue weighted by Gasteiger charge is 2.73. The Morgan fingerprint density at radius 2 is 1.91 bits per heavy atom. The summed E-state index contributed by atoms with van der Waals surface area (Å²) in [4.78, 5) is 25.3. The molecule has 0 radical (unpaired) electrons. The number of halogens is 3. The minimum atomic E-state index is -2.24. The normalized spacial score (nSPS) is 38.1. The maximum Gasteiger partial charge on any atom is 0.272 e. The van der Waals surface area contributed by atoms with E-state index in [0.717, 1.165) is 5.56 Å². The van der Waals surface area contributed by atoms with Crippen molar-refractivity contribution >= 4 is 47.0 Å². The van der Waals surface area contributed by atoms with Gasteiger partial charge in [-0.05, 0) is 26.3 Å². The average Bonchev–Trinajstić information content (AvgIpc) is 3.29. The van der Waals surface area contributed by atoms with E-state index in [1.807, 2.05) is 37.3 Å². The monoisotopic (exact) mass is 505 g/mol. The van der Waals surface area contributed by atoms with E-state index in [0.29, 0.717) is 12.9 Å². The third kappa shape index (κ3) is 4.53. The van der Waals surface area contributed by atoms with Gasteiger partial charge in [-0.2, -0.15) is 0 Å². The molecule has 3 fully saturated rings. The molecule has 1 aromatic rings. The Morgan fingerprint density at radius 3 is 2.47 bits per heavy atom. The molecule has 2 saturated heterocycles. The van der Waals surface area contributed by atoms with E-state index in [2.05, 4.69) is 5.32 Å². The second-order valence-corrected chi connectivity index (χ2v) is 11.5. The number of alkyl halides is 3. The van der Waals surface area contributed by atoms with E-state index in [4.69, 9.17) is 53.8 Å². The number of carbonyl (C=O) groups excluding carboxylic acids is 2. The predicted molar refractivity (Wildman–Crippen MR) is 119 cm³/mol. The van der Waals surface area contributed by atoms with Crippen LogP contribution in [0.4, 0.5) is 0 Å². The Balaban J connectivity index is 1.63. The smallest absolute Gasteiger partial charge is 0.272 e. The molecule has 2 heterocycles. The van der Waals surface area contributed by atoms with Crippen LogP contribution in [0.5, 0.6) is 0 Å². The molecule has 1 aliphatic carbocycles. The van der Waals surface area contributed by atoms with Crippen LogP contribution in [0.1, 0.15) is 32.8 Å². The van der Waals surface area contributed by atoms with Crippen molar-refractivity contribution in [3.8, 4) is 0 Å². The first-order chi connectivity index (χ1) is 14.9. The Kier molecular flexibility index (Phi) is 6.34. The van der Waals surface area contributed by atoms with E-state index in [-0.39, 0.29) is 13.0 Å². The minimum Gasteiger partial charge on any atom is -0.370 e. The fourth-order valence-corrected chi connectivity index (χ4v) is 4.97. The van der Waals surface area contributed by atoms with Crippen molar-refractivity contribution in [2.75, 3.05) is 6.61 Å². The van der Waals surface area contributed by atoms with Gasteiger partial charge in [0, 0.05) is 12.3 Å². The quantitative estimate of drug-likeness (QED) is 0.362. The fraction of sp³-hybridized carbons (Fsp3) is 0.636. The number of amides is 1. The molecule has 1 amide bonds. The van der Waals surface area contributed by atoms with Gasteiger partial charge in [-0.25, -0.2) is 0 Å². The summed E-state index contributed by atoms with van der Waals surface area (Å²) < 4.78 is 21.9. The third-order valence-electron chi connectivity index (χ3n) is 6.51. The van der Waals surface area contributed by atoms with Crippen LogP contribution in [0, 0.1) is 5.92 Å². The second kappa shape index (κ2) is 8.38. The number of rotatable bonds is 6. The van der Waals surface area contributed by atoms with Gasteiger partial charge >= 0.3 is 0 Å². The largest absolute Gasteiger partial charge is 0.370 e. The van der Waals surface area contributed by atoms with Crippen LogP contribution in [0.2, 0.25) is 0 Å². The first kappa shape index (κ1) is 24.2. The summed E-state index contributed by atoms with van der Waals surface area (Å²) in [5.41, 5.74) is -1.10. The summed E-state index contributed by atoms with van der Waals surface area (Å²) in [6, 6.07) is 9.66. The van der Waals surface area contributed by atoms with Gasteiger partial charge in [0.05, 0.1) is 31.5 Å². The number of fused-ring (bicyclic) bond motifs is 1. The van der Waals surface area contributed by atoms with Crippen LogP contribution in [-0.4, -0.2) is 57.8 Å². The van der Waals surface area contributed by atoms with Crippen molar-refractivity contribution in [2.24, 2.45) is 5.92 Å². The maximum absolute atomic E-state index is 12.7. The zero-order chi connectivity index (χ0) is 23.4. The fourth-order valence-electron chi connectivity index (χ4n) is 4.83. The molecule has 0 aromatic heterocycles. The molecule has 1 N–H and O–H groups in total. The summed E-state index contributed by atoms with van der Waals surface area (Å²) in [5.74, 6) is -2.28. The van der Waals surface area contributed by atoms with Gasteiger partial charge in [0.15, 0.2) is 5.79 Å². The molecule has 1 saturated carbocycles. The van der Waals surface area contributed by atoms with Crippen LogP contribution in [0.15, 0.2) is 30.3 Å². The molecule has 3 aliphatic rings. The van der Waals surface area contributed by atoms with E-state index >= 15 is 0 Å². The van der Waals surface area contributed by atoms with Gasteiger partial charge < -0.3 is 29.1 Å².